The fourth-order valence-corrected chi connectivity index (χ4v) is 3.27. The van der Waals surface area contributed by atoms with Crippen LogP contribution in [-0.4, -0.2) is 40.4 Å². The quantitative estimate of drug-likeness (QED) is 0.595. The van der Waals surface area contributed by atoms with Gasteiger partial charge in [0, 0.05) is 17.1 Å². The highest BCUT2D eigenvalue weighted by molar-refractivity contribution is 8.00. The van der Waals surface area contributed by atoms with E-state index in [1.807, 2.05) is 0 Å². The minimum absolute atomic E-state index is 0.119. The normalized spacial score (nSPS) is 32.5. The zero-order valence-electron chi connectivity index (χ0n) is 8.50. The van der Waals surface area contributed by atoms with Crippen LogP contribution in [0.5, 0.6) is 0 Å². The van der Waals surface area contributed by atoms with E-state index < -0.39 is 12.1 Å². The Hall–Kier alpha value is -1.17. The van der Waals surface area contributed by atoms with Gasteiger partial charge in [-0.15, -0.1) is 0 Å². The molecule has 2 aliphatic heterocycles. The van der Waals surface area contributed by atoms with Gasteiger partial charge in [-0.1, -0.05) is 6.08 Å². The van der Waals surface area contributed by atoms with Crippen molar-refractivity contribution < 1.29 is 24.2 Å². The second-order valence-electron chi connectivity index (χ2n) is 3.68. The summed E-state index contributed by atoms with van der Waals surface area (Å²) >= 11 is 1.71. The Bertz CT molecular complexity index is 327. The van der Waals surface area contributed by atoms with Gasteiger partial charge in [0.1, 0.15) is 0 Å². The van der Waals surface area contributed by atoms with E-state index in [1.54, 1.807) is 17.8 Å². The molecule has 2 heterocycles. The van der Waals surface area contributed by atoms with Gasteiger partial charge in [0.05, 0.1) is 0 Å². The monoisotopic (exact) mass is 244 g/mol. The minimum atomic E-state index is -0.937. The molecule has 0 aromatic carbocycles. The van der Waals surface area contributed by atoms with Gasteiger partial charge in [0.25, 0.3) is 0 Å². The molecule has 3 atom stereocenters. The first-order valence-corrected chi connectivity index (χ1v) is 6.10. The number of rotatable bonds is 4. The maximum absolute atomic E-state index is 10.9. The number of carboxylic acid groups (broad SMARTS) is 1. The molecule has 5 nitrogen and oxygen atoms in total. The molecule has 0 bridgehead atoms. The summed E-state index contributed by atoms with van der Waals surface area (Å²) in [5.74, 6) is -0.170. The van der Waals surface area contributed by atoms with Crippen molar-refractivity contribution in [3.05, 3.63) is 12.2 Å². The third-order valence-electron chi connectivity index (χ3n) is 2.57. The number of thioether (sulfide) groups is 1. The molecule has 0 aromatic heterocycles. The summed E-state index contributed by atoms with van der Waals surface area (Å²) in [5.41, 5.74) is 0. The molecule has 16 heavy (non-hydrogen) atoms. The molecule has 2 aliphatic rings. The summed E-state index contributed by atoms with van der Waals surface area (Å²) in [7, 11) is 0. The Balaban J connectivity index is 1.78. The highest BCUT2D eigenvalue weighted by Crippen LogP contribution is 2.38. The van der Waals surface area contributed by atoms with E-state index in [-0.39, 0.29) is 17.5 Å². The van der Waals surface area contributed by atoms with E-state index in [4.69, 9.17) is 14.6 Å². The Morgan fingerprint density at radius 2 is 2.38 bits per heavy atom. The van der Waals surface area contributed by atoms with Crippen molar-refractivity contribution in [3.63, 3.8) is 0 Å². The number of fused-ring (bicyclic) bond motifs is 1. The average molecular weight is 244 g/mol. The largest absolute Gasteiger partial charge is 0.509 e. The fraction of sp³-hybridized carbons (Fsp3) is 0.600. The first-order chi connectivity index (χ1) is 7.66. The summed E-state index contributed by atoms with van der Waals surface area (Å²) < 4.78 is 10.0. The summed E-state index contributed by atoms with van der Waals surface area (Å²) in [5, 5.41) is 8.63. The number of carboxylic acids is 1. The van der Waals surface area contributed by atoms with Gasteiger partial charge in [-0.25, -0.2) is 9.59 Å². The van der Waals surface area contributed by atoms with E-state index in [0.29, 0.717) is 6.42 Å². The van der Waals surface area contributed by atoms with E-state index in [1.165, 1.54) is 0 Å². The first-order valence-electron chi connectivity index (χ1n) is 5.05. The van der Waals surface area contributed by atoms with Gasteiger partial charge < -0.3 is 14.6 Å². The van der Waals surface area contributed by atoms with Gasteiger partial charge in [-0.2, -0.15) is 11.8 Å². The maximum atomic E-state index is 10.9. The smallest absolute Gasteiger partial charge is 0.478 e. The SMILES string of the molecule is O=C(O)/C=C/CC[C@@H]1SC[C@@H]2OC(=O)O[C@@H]21. The van der Waals surface area contributed by atoms with Crippen LogP contribution < -0.4 is 0 Å². The van der Waals surface area contributed by atoms with Crippen molar-refractivity contribution in [2.45, 2.75) is 30.3 Å². The van der Waals surface area contributed by atoms with Crippen LogP contribution >= 0.6 is 11.8 Å². The van der Waals surface area contributed by atoms with Crippen LogP contribution in [-0.2, 0) is 14.3 Å². The van der Waals surface area contributed by atoms with Gasteiger partial charge in [0.15, 0.2) is 12.2 Å². The fourth-order valence-electron chi connectivity index (χ4n) is 1.86. The zero-order valence-corrected chi connectivity index (χ0v) is 9.31. The number of hydrogen-bond acceptors (Lipinski definition) is 5. The van der Waals surface area contributed by atoms with Crippen molar-refractivity contribution in [2.24, 2.45) is 0 Å². The molecule has 6 heteroatoms. The molecule has 0 aliphatic carbocycles. The molecule has 0 aromatic rings. The van der Waals surface area contributed by atoms with Crippen LogP contribution in [0.1, 0.15) is 12.8 Å². The van der Waals surface area contributed by atoms with Crippen LogP contribution in [0.2, 0.25) is 0 Å². The lowest BCUT2D eigenvalue weighted by Crippen LogP contribution is -2.26. The molecule has 0 unspecified atom stereocenters. The predicted molar refractivity (Wildman–Crippen MR) is 57.4 cm³/mol. The van der Waals surface area contributed by atoms with Gasteiger partial charge in [-0.3, -0.25) is 0 Å². The molecule has 0 radical (unpaired) electrons. The lowest BCUT2D eigenvalue weighted by atomic mass is 10.1. The third-order valence-corrected chi connectivity index (χ3v) is 4.02. The number of ether oxygens (including phenoxy) is 2. The summed E-state index contributed by atoms with van der Waals surface area (Å²) in [6.07, 6.45) is 3.36. The van der Waals surface area contributed by atoms with E-state index in [0.717, 1.165) is 18.2 Å². The molecule has 88 valence electrons. The predicted octanol–water partition coefficient (Wildman–Crippen LogP) is 1.43. The van der Waals surface area contributed by atoms with E-state index in [9.17, 15) is 9.59 Å². The Morgan fingerprint density at radius 1 is 1.56 bits per heavy atom. The van der Waals surface area contributed by atoms with Crippen molar-refractivity contribution >= 4 is 23.9 Å². The topological polar surface area (TPSA) is 72.8 Å². The number of hydrogen-bond donors (Lipinski definition) is 1. The standard InChI is InChI=1S/C10H12O5S/c11-8(12)4-2-1-3-7-9-6(5-16-7)14-10(13)15-9/h2,4,6-7,9H,1,3,5H2,(H,11,12)/b4-2+/t6-,7-,9-/m0/s1. The van der Waals surface area contributed by atoms with E-state index in [2.05, 4.69) is 0 Å². The number of carbonyl (C=O) groups is 2. The van der Waals surface area contributed by atoms with Crippen molar-refractivity contribution in [1.29, 1.82) is 0 Å². The minimum Gasteiger partial charge on any atom is -0.478 e. The Kier molecular flexibility index (Phi) is 3.38. The van der Waals surface area contributed by atoms with Crippen molar-refractivity contribution in [3.8, 4) is 0 Å². The second kappa shape index (κ2) is 4.78. The zero-order chi connectivity index (χ0) is 11.5. The van der Waals surface area contributed by atoms with Crippen LogP contribution in [0.3, 0.4) is 0 Å². The highest BCUT2D eigenvalue weighted by Gasteiger charge is 2.46. The molecule has 0 spiro atoms. The van der Waals surface area contributed by atoms with Gasteiger partial charge >= 0.3 is 12.1 Å². The lowest BCUT2D eigenvalue weighted by Gasteiger charge is -2.12. The third kappa shape index (κ3) is 2.49. The van der Waals surface area contributed by atoms with Crippen LogP contribution in [0.15, 0.2) is 12.2 Å². The molecule has 2 fully saturated rings. The molecule has 0 amide bonds. The van der Waals surface area contributed by atoms with Crippen molar-refractivity contribution in [2.75, 3.05) is 5.75 Å². The second-order valence-corrected chi connectivity index (χ2v) is 4.95. The maximum Gasteiger partial charge on any atom is 0.509 e. The Labute approximate surface area is 96.8 Å². The molecular weight excluding hydrogens is 232 g/mol. The van der Waals surface area contributed by atoms with Gasteiger partial charge in [-0.05, 0) is 12.8 Å². The van der Waals surface area contributed by atoms with Crippen LogP contribution in [0.25, 0.3) is 0 Å². The molecule has 2 saturated heterocycles. The summed E-state index contributed by atoms with van der Waals surface area (Å²) in [6, 6.07) is 0. The molecular formula is C10H12O5S. The number of carbonyl (C=O) groups excluding carboxylic acids is 1. The van der Waals surface area contributed by atoms with Crippen LogP contribution in [0.4, 0.5) is 4.79 Å². The number of allylic oxidation sites excluding steroid dienone is 1. The van der Waals surface area contributed by atoms with E-state index >= 15 is 0 Å². The molecule has 0 saturated carbocycles. The van der Waals surface area contributed by atoms with Crippen molar-refractivity contribution in [1.82, 2.24) is 0 Å². The number of aliphatic carboxylic acids is 1. The van der Waals surface area contributed by atoms with Gasteiger partial charge in [0.2, 0.25) is 0 Å². The van der Waals surface area contributed by atoms with Crippen LogP contribution in [0, 0.1) is 0 Å². The highest BCUT2D eigenvalue weighted by atomic mass is 32.2. The first kappa shape index (κ1) is 11.3. The lowest BCUT2D eigenvalue weighted by molar-refractivity contribution is -0.131. The molecule has 2 rings (SSSR count). The average Bonchev–Trinajstić information content (AvgIpc) is 2.72. The molecule has 1 N–H and O–H groups in total. The summed E-state index contributed by atoms with van der Waals surface area (Å²) in [6.45, 7) is 0. The summed E-state index contributed by atoms with van der Waals surface area (Å²) in [4.78, 5) is 21.1. The Morgan fingerprint density at radius 3 is 3.12 bits per heavy atom.